The van der Waals surface area contributed by atoms with Crippen LogP contribution in [0.25, 0.3) is 0 Å². The Morgan fingerprint density at radius 3 is 2.85 bits per heavy atom. The summed E-state index contributed by atoms with van der Waals surface area (Å²) in [6, 6.07) is 10.2. The first-order chi connectivity index (χ1) is 12.5. The van der Waals surface area contributed by atoms with Crippen LogP contribution < -0.4 is 9.47 Å². The standard InChI is InChI=1S/C21H24N2O3/c1-15-9-17(6-8-22-15)12-23-13-21(2,7-5-20(23)24)11-16-3-4-18-19(10-16)26-14-25-18/h3-4,6,8-10H,5,7,11-14H2,1-2H3. The Morgan fingerprint density at radius 1 is 1.15 bits per heavy atom. The van der Waals surface area contributed by atoms with Crippen LogP contribution in [0, 0.1) is 12.3 Å². The number of fused-ring (bicyclic) bond motifs is 1. The van der Waals surface area contributed by atoms with E-state index in [1.165, 1.54) is 5.56 Å². The van der Waals surface area contributed by atoms with E-state index in [-0.39, 0.29) is 11.3 Å². The molecular formula is C21H24N2O3. The molecule has 2 aromatic rings. The Labute approximate surface area is 153 Å². The summed E-state index contributed by atoms with van der Waals surface area (Å²) >= 11 is 0. The third-order valence-corrected chi connectivity index (χ3v) is 5.27. The van der Waals surface area contributed by atoms with Crippen molar-refractivity contribution in [3.05, 3.63) is 53.3 Å². The van der Waals surface area contributed by atoms with Crippen molar-refractivity contribution in [3.63, 3.8) is 0 Å². The lowest BCUT2D eigenvalue weighted by atomic mass is 9.76. The Bertz CT molecular complexity index is 836. The van der Waals surface area contributed by atoms with Gasteiger partial charge in [0.05, 0.1) is 0 Å². The fourth-order valence-corrected chi connectivity index (χ4v) is 3.95. The number of aryl methyl sites for hydroxylation is 1. The van der Waals surface area contributed by atoms with Gasteiger partial charge >= 0.3 is 0 Å². The van der Waals surface area contributed by atoms with Crippen molar-refractivity contribution in [2.24, 2.45) is 5.41 Å². The molecule has 1 unspecified atom stereocenters. The summed E-state index contributed by atoms with van der Waals surface area (Å²) in [5.74, 6) is 1.87. The van der Waals surface area contributed by atoms with Gasteiger partial charge in [0, 0.05) is 31.4 Å². The predicted molar refractivity (Wildman–Crippen MR) is 98.0 cm³/mol. The minimum absolute atomic E-state index is 0.0592. The van der Waals surface area contributed by atoms with E-state index in [2.05, 4.69) is 30.1 Å². The number of benzene rings is 1. The highest BCUT2D eigenvalue weighted by Crippen LogP contribution is 2.38. The molecule has 26 heavy (non-hydrogen) atoms. The van der Waals surface area contributed by atoms with Gasteiger partial charge in [0.1, 0.15) is 0 Å². The zero-order valence-corrected chi connectivity index (χ0v) is 15.3. The number of nitrogens with zero attached hydrogens (tertiary/aromatic N) is 2. The molecule has 1 aromatic heterocycles. The Kier molecular flexibility index (Phi) is 4.31. The fraction of sp³-hybridized carbons (Fsp3) is 0.429. The molecule has 0 saturated carbocycles. The maximum absolute atomic E-state index is 12.5. The molecule has 5 heteroatoms. The van der Waals surface area contributed by atoms with Crippen molar-refractivity contribution in [2.75, 3.05) is 13.3 Å². The average Bonchev–Trinajstić information content (AvgIpc) is 3.06. The first-order valence-corrected chi connectivity index (χ1v) is 9.09. The monoisotopic (exact) mass is 352 g/mol. The highest BCUT2D eigenvalue weighted by atomic mass is 16.7. The van der Waals surface area contributed by atoms with Crippen LogP contribution in [0.2, 0.25) is 0 Å². The van der Waals surface area contributed by atoms with E-state index in [1.807, 2.05) is 30.2 Å². The zero-order chi connectivity index (χ0) is 18.1. The molecule has 136 valence electrons. The van der Waals surface area contributed by atoms with Crippen molar-refractivity contribution < 1.29 is 14.3 Å². The van der Waals surface area contributed by atoms with Crippen LogP contribution in [-0.4, -0.2) is 29.1 Å². The summed E-state index contributed by atoms with van der Waals surface area (Å²) in [6.07, 6.45) is 4.24. The molecule has 3 heterocycles. The third kappa shape index (κ3) is 3.52. The Morgan fingerprint density at radius 2 is 2.00 bits per heavy atom. The molecule has 2 aliphatic heterocycles. The molecule has 1 amide bonds. The number of hydrogen-bond acceptors (Lipinski definition) is 4. The maximum Gasteiger partial charge on any atom is 0.231 e. The number of piperidine rings is 1. The van der Waals surface area contributed by atoms with E-state index in [1.54, 1.807) is 0 Å². The number of pyridine rings is 1. The summed E-state index contributed by atoms with van der Waals surface area (Å²) in [6.45, 7) is 5.96. The molecule has 0 aliphatic carbocycles. The van der Waals surface area contributed by atoms with Crippen LogP contribution in [0.1, 0.15) is 36.6 Å². The molecule has 0 spiro atoms. The van der Waals surface area contributed by atoms with Gasteiger partial charge < -0.3 is 14.4 Å². The molecule has 1 fully saturated rings. The number of ether oxygens (including phenoxy) is 2. The van der Waals surface area contributed by atoms with Gasteiger partial charge in [-0.25, -0.2) is 0 Å². The van der Waals surface area contributed by atoms with E-state index in [0.29, 0.717) is 19.8 Å². The molecule has 5 nitrogen and oxygen atoms in total. The second-order valence-electron chi connectivity index (χ2n) is 7.73. The molecule has 1 aromatic carbocycles. The van der Waals surface area contributed by atoms with Crippen LogP contribution in [0.15, 0.2) is 36.5 Å². The lowest BCUT2D eigenvalue weighted by Gasteiger charge is -2.40. The highest BCUT2D eigenvalue weighted by Gasteiger charge is 2.35. The van der Waals surface area contributed by atoms with Gasteiger partial charge in [0.2, 0.25) is 12.7 Å². The van der Waals surface area contributed by atoms with Crippen LogP contribution in [0.4, 0.5) is 0 Å². The summed E-state index contributed by atoms with van der Waals surface area (Å²) < 4.78 is 10.9. The number of likely N-dealkylation sites (tertiary alicyclic amines) is 1. The Balaban J connectivity index is 1.48. The SMILES string of the molecule is Cc1cc(CN2CC(C)(Cc3ccc4c(c3)OCO4)CCC2=O)ccn1. The summed E-state index contributed by atoms with van der Waals surface area (Å²) in [4.78, 5) is 18.7. The van der Waals surface area contributed by atoms with E-state index < -0.39 is 0 Å². The van der Waals surface area contributed by atoms with Gasteiger partial charge in [-0.05, 0) is 60.6 Å². The smallest absolute Gasteiger partial charge is 0.231 e. The number of hydrogen-bond donors (Lipinski definition) is 0. The Hall–Kier alpha value is -2.56. The van der Waals surface area contributed by atoms with Gasteiger partial charge in [0.15, 0.2) is 11.5 Å². The predicted octanol–water partition coefficient (Wildman–Crippen LogP) is 3.49. The number of rotatable bonds is 4. The van der Waals surface area contributed by atoms with E-state index >= 15 is 0 Å². The third-order valence-electron chi connectivity index (χ3n) is 5.27. The minimum Gasteiger partial charge on any atom is -0.454 e. The van der Waals surface area contributed by atoms with Gasteiger partial charge in [-0.15, -0.1) is 0 Å². The lowest BCUT2D eigenvalue weighted by molar-refractivity contribution is -0.137. The number of amides is 1. The molecule has 4 rings (SSSR count). The van der Waals surface area contributed by atoms with E-state index in [9.17, 15) is 4.79 Å². The number of aromatic nitrogens is 1. The van der Waals surface area contributed by atoms with Crippen molar-refractivity contribution in [2.45, 2.75) is 39.7 Å². The van der Waals surface area contributed by atoms with Crippen LogP contribution in [-0.2, 0) is 17.8 Å². The number of carbonyl (C=O) groups is 1. The van der Waals surface area contributed by atoms with Crippen LogP contribution in [0.3, 0.4) is 0 Å². The minimum atomic E-state index is 0.0592. The number of carbonyl (C=O) groups excluding carboxylic acids is 1. The quantitative estimate of drug-likeness (QED) is 0.845. The summed E-state index contributed by atoms with van der Waals surface area (Å²) in [5.41, 5.74) is 3.41. The van der Waals surface area contributed by atoms with E-state index in [0.717, 1.165) is 42.1 Å². The van der Waals surface area contributed by atoms with Crippen molar-refractivity contribution in [1.29, 1.82) is 0 Å². The molecule has 2 aliphatic rings. The lowest BCUT2D eigenvalue weighted by Crippen LogP contribution is -2.45. The summed E-state index contributed by atoms with van der Waals surface area (Å²) in [7, 11) is 0. The molecule has 0 N–H and O–H groups in total. The molecular weight excluding hydrogens is 328 g/mol. The van der Waals surface area contributed by atoms with Crippen molar-refractivity contribution >= 4 is 5.91 Å². The van der Waals surface area contributed by atoms with Gasteiger partial charge in [0.25, 0.3) is 0 Å². The zero-order valence-electron chi connectivity index (χ0n) is 15.3. The molecule has 1 saturated heterocycles. The first kappa shape index (κ1) is 16.9. The normalized spacial score (nSPS) is 21.9. The highest BCUT2D eigenvalue weighted by molar-refractivity contribution is 5.77. The fourth-order valence-electron chi connectivity index (χ4n) is 3.95. The molecule has 1 atom stereocenters. The van der Waals surface area contributed by atoms with E-state index in [4.69, 9.17) is 9.47 Å². The van der Waals surface area contributed by atoms with Crippen LogP contribution in [0.5, 0.6) is 11.5 Å². The second-order valence-corrected chi connectivity index (χ2v) is 7.73. The topological polar surface area (TPSA) is 51.7 Å². The first-order valence-electron chi connectivity index (χ1n) is 9.09. The second kappa shape index (κ2) is 6.63. The van der Waals surface area contributed by atoms with Crippen molar-refractivity contribution in [1.82, 2.24) is 9.88 Å². The molecule has 0 bridgehead atoms. The van der Waals surface area contributed by atoms with Gasteiger partial charge in [-0.3, -0.25) is 9.78 Å². The summed E-state index contributed by atoms with van der Waals surface area (Å²) in [5, 5.41) is 0. The average molecular weight is 352 g/mol. The van der Waals surface area contributed by atoms with Gasteiger partial charge in [-0.1, -0.05) is 13.0 Å². The van der Waals surface area contributed by atoms with Crippen LogP contribution >= 0.6 is 0 Å². The molecule has 0 radical (unpaired) electrons. The largest absolute Gasteiger partial charge is 0.454 e. The maximum atomic E-state index is 12.5. The van der Waals surface area contributed by atoms with Gasteiger partial charge in [-0.2, -0.15) is 0 Å². The van der Waals surface area contributed by atoms with Crippen molar-refractivity contribution in [3.8, 4) is 11.5 Å².